The van der Waals surface area contributed by atoms with E-state index >= 15 is 0 Å². The van der Waals surface area contributed by atoms with Crippen LogP contribution in [0.2, 0.25) is 10.0 Å². The largest absolute Gasteiger partial charge is 0.491 e. The van der Waals surface area contributed by atoms with E-state index in [0.29, 0.717) is 57.6 Å². The topological polar surface area (TPSA) is 51.5 Å². The summed E-state index contributed by atoms with van der Waals surface area (Å²) in [5.74, 6) is -2.82. The van der Waals surface area contributed by atoms with Crippen molar-refractivity contribution in [1.29, 1.82) is 0 Å². The van der Waals surface area contributed by atoms with Gasteiger partial charge in [-0.3, -0.25) is 14.3 Å². The van der Waals surface area contributed by atoms with Crippen LogP contribution in [0.3, 0.4) is 0 Å². The van der Waals surface area contributed by atoms with Crippen molar-refractivity contribution in [3.8, 4) is 17.0 Å². The number of piperidine rings is 1. The van der Waals surface area contributed by atoms with Crippen molar-refractivity contribution >= 4 is 46.0 Å². The maximum absolute atomic E-state index is 14.2. The molecular formula is C35H27Cl2F3N2O3. The average molecular weight is 652 g/mol. The maximum atomic E-state index is 14.2. The summed E-state index contributed by atoms with van der Waals surface area (Å²) in [5, 5.41) is 1.51. The summed E-state index contributed by atoms with van der Waals surface area (Å²) in [6.45, 7) is 1.58. The van der Waals surface area contributed by atoms with Crippen LogP contribution in [0.25, 0.3) is 22.2 Å². The molecule has 1 saturated heterocycles. The molecule has 0 atom stereocenters. The quantitative estimate of drug-likeness (QED) is 0.136. The highest BCUT2D eigenvalue weighted by atomic mass is 35.5. The summed E-state index contributed by atoms with van der Waals surface area (Å²) in [5.41, 5.74) is 3.44. The number of esters is 1. The molecule has 1 aliphatic heterocycles. The molecule has 0 saturated carbocycles. The van der Waals surface area contributed by atoms with Gasteiger partial charge in [0.1, 0.15) is 5.75 Å². The fourth-order valence-electron chi connectivity index (χ4n) is 6.10. The Morgan fingerprint density at radius 1 is 0.800 bits per heavy atom. The van der Waals surface area contributed by atoms with Gasteiger partial charge in [-0.15, -0.1) is 0 Å². The third kappa shape index (κ3) is 6.23. The molecule has 1 fully saturated rings. The van der Waals surface area contributed by atoms with Gasteiger partial charge in [-0.2, -0.15) is 13.2 Å². The van der Waals surface area contributed by atoms with E-state index in [-0.39, 0.29) is 23.0 Å². The van der Waals surface area contributed by atoms with Gasteiger partial charge in [-0.25, -0.2) is 4.79 Å². The van der Waals surface area contributed by atoms with Gasteiger partial charge < -0.3 is 4.74 Å². The van der Waals surface area contributed by atoms with Crippen LogP contribution >= 0.6 is 23.2 Å². The first-order chi connectivity index (χ1) is 21.6. The molecular weight excluding hydrogens is 624 g/mol. The SMILES string of the molecule is O=C(c1ccccc1)n1c(-c2ccccc2)c(CN2CCC(c3c(Cl)cccc3Cl)CC2)c2c(OC(=O)C(F)(F)F)cccc21. The summed E-state index contributed by atoms with van der Waals surface area (Å²) >= 11 is 13.0. The van der Waals surface area contributed by atoms with Gasteiger partial charge in [0.15, 0.2) is 0 Å². The number of hydrogen-bond donors (Lipinski definition) is 0. The number of carbonyl (C=O) groups is 2. The summed E-state index contributed by atoms with van der Waals surface area (Å²) in [6.07, 6.45) is -3.70. The van der Waals surface area contributed by atoms with E-state index in [1.807, 2.05) is 48.5 Å². The van der Waals surface area contributed by atoms with Crippen LogP contribution in [0.5, 0.6) is 5.75 Å². The summed E-state index contributed by atoms with van der Waals surface area (Å²) < 4.78 is 46.6. The molecule has 6 rings (SSSR count). The van der Waals surface area contributed by atoms with Crippen LogP contribution in [0.1, 0.15) is 40.2 Å². The minimum Gasteiger partial charge on any atom is -0.419 e. The lowest BCUT2D eigenvalue weighted by Gasteiger charge is -2.33. The van der Waals surface area contributed by atoms with E-state index in [0.717, 1.165) is 18.4 Å². The number of halogens is 5. The van der Waals surface area contributed by atoms with Gasteiger partial charge >= 0.3 is 12.1 Å². The molecule has 0 N–H and O–H groups in total. The zero-order valence-corrected chi connectivity index (χ0v) is 25.4. The monoisotopic (exact) mass is 650 g/mol. The highest BCUT2D eigenvalue weighted by Crippen LogP contribution is 2.42. The van der Waals surface area contributed by atoms with Gasteiger partial charge in [-0.05, 0) is 79.4 Å². The highest BCUT2D eigenvalue weighted by Gasteiger charge is 2.42. The number of fused-ring (bicyclic) bond motifs is 1. The molecule has 0 spiro atoms. The van der Waals surface area contributed by atoms with Crippen LogP contribution < -0.4 is 4.74 Å². The van der Waals surface area contributed by atoms with Crippen molar-refractivity contribution < 1.29 is 27.5 Å². The standard InChI is InChI=1S/C35H27Cl2F3N2O3/c36-26-13-7-14-27(37)30(26)22-17-19-41(20-18-22)21-25-31-28(15-8-16-29(31)45-34(44)35(38,39)40)42(32(25)23-9-3-1-4-10-23)33(43)24-11-5-2-6-12-24/h1-16,22H,17-21H2. The molecule has 0 radical (unpaired) electrons. The van der Waals surface area contributed by atoms with Crippen molar-refractivity contribution in [3.05, 3.63) is 124 Å². The van der Waals surface area contributed by atoms with Crippen LogP contribution in [0, 0.1) is 0 Å². The van der Waals surface area contributed by atoms with E-state index in [9.17, 15) is 22.8 Å². The molecule has 45 heavy (non-hydrogen) atoms. The Labute approximate surface area is 267 Å². The predicted octanol–water partition coefficient (Wildman–Crippen LogP) is 9.15. The number of hydrogen-bond acceptors (Lipinski definition) is 4. The van der Waals surface area contributed by atoms with Gasteiger partial charge in [0.2, 0.25) is 0 Å². The summed E-state index contributed by atoms with van der Waals surface area (Å²) in [4.78, 5) is 28.4. The minimum absolute atomic E-state index is 0.139. The lowest BCUT2D eigenvalue weighted by atomic mass is 9.89. The molecule has 0 bridgehead atoms. The second-order valence-corrected chi connectivity index (χ2v) is 11.7. The van der Waals surface area contributed by atoms with Crippen molar-refractivity contribution in [2.75, 3.05) is 13.1 Å². The van der Waals surface area contributed by atoms with E-state index in [2.05, 4.69) is 4.90 Å². The number of nitrogens with zero attached hydrogens (tertiary/aromatic N) is 2. The van der Waals surface area contributed by atoms with Crippen molar-refractivity contribution in [3.63, 3.8) is 0 Å². The number of carbonyl (C=O) groups excluding carboxylic acids is 2. The zero-order valence-electron chi connectivity index (χ0n) is 23.9. The molecule has 2 heterocycles. The first-order valence-corrected chi connectivity index (χ1v) is 15.2. The normalized spacial score (nSPS) is 14.5. The van der Waals surface area contributed by atoms with Gasteiger partial charge in [0, 0.05) is 33.1 Å². The zero-order chi connectivity index (χ0) is 31.7. The van der Waals surface area contributed by atoms with Crippen LogP contribution in [0.15, 0.2) is 97.1 Å². The van der Waals surface area contributed by atoms with Crippen molar-refractivity contribution in [2.45, 2.75) is 31.5 Å². The Bertz CT molecular complexity index is 1850. The van der Waals surface area contributed by atoms with E-state index in [1.165, 1.54) is 16.7 Å². The van der Waals surface area contributed by atoms with Crippen molar-refractivity contribution in [2.24, 2.45) is 0 Å². The minimum atomic E-state index is -5.20. The first kappa shape index (κ1) is 30.9. The number of likely N-dealkylation sites (tertiary alicyclic amines) is 1. The Hall–Kier alpha value is -4.11. The number of alkyl halides is 3. The second-order valence-electron chi connectivity index (χ2n) is 10.9. The lowest BCUT2D eigenvalue weighted by Crippen LogP contribution is -2.33. The average Bonchev–Trinajstić information content (AvgIpc) is 3.36. The molecule has 10 heteroatoms. The smallest absolute Gasteiger partial charge is 0.419 e. The van der Waals surface area contributed by atoms with Gasteiger partial charge in [-0.1, -0.05) is 83.9 Å². The number of benzene rings is 4. The Morgan fingerprint density at radius 3 is 2.02 bits per heavy atom. The molecule has 1 aliphatic rings. The summed E-state index contributed by atoms with van der Waals surface area (Å²) in [7, 11) is 0. The third-order valence-electron chi connectivity index (χ3n) is 8.14. The Balaban J connectivity index is 1.48. The number of ether oxygens (including phenoxy) is 1. The van der Waals surface area contributed by atoms with Crippen LogP contribution in [-0.4, -0.2) is 40.6 Å². The maximum Gasteiger partial charge on any atom is 0.491 e. The van der Waals surface area contributed by atoms with Crippen LogP contribution in [-0.2, 0) is 11.3 Å². The first-order valence-electron chi connectivity index (χ1n) is 14.4. The van der Waals surface area contributed by atoms with Gasteiger partial charge in [0.25, 0.3) is 5.91 Å². The van der Waals surface area contributed by atoms with E-state index in [4.69, 9.17) is 27.9 Å². The van der Waals surface area contributed by atoms with E-state index in [1.54, 1.807) is 36.4 Å². The van der Waals surface area contributed by atoms with E-state index < -0.39 is 12.1 Å². The Morgan fingerprint density at radius 2 is 1.40 bits per heavy atom. The molecule has 1 aromatic heterocycles. The summed E-state index contributed by atoms with van der Waals surface area (Å²) in [6, 6.07) is 27.8. The fraction of sp³-hybridized carbons (Fsp3) is 0.200. The van der Waals surface area contributed by atoms with Crippen LogP contribution in [0.4, 0.5) is 13.2 Å². The molecule has 4 aromatic carbocycles. The number of rotatable bonds is 6. The second kappa shape index (κ2) is 12.7. The number of aromatic nitrogens is 1. The lowest BCUT2D eigenvalue weighted by molar-refractivity contribution is -0.189. The third-order valence-corrected chi connectivity index (χ3v) is 8.80. The molecule has 230 valence electrons. The predicted molar refractivity (Wildman–Crippen MR) is 169 cm³/mol. The fourth-order valence-corrected chi connectivity index (χ4v) is 6.81. The van der Waals surface area contributed by atoms with Crippen molar-refractivity contribution in [1.82, 2.24) is 9.47 Å². The molecule has 0 aliphatic carbocycles. The van der Waals surface area contributed by atoms with Gasteiger partial charge in [0.05, 0.1) is 11.2 Å². The molecule has 0 unspecified atom stereocenters. The highest BCUT2D eigenvalue weighted by molar-refractivity contribution is 6.36. The molecule has 0 amide bonds. The molecule has 5 nitrogen and oxygen atoms in total. The molecule has 5 aromatic rings. The Kier molecular flexibility index (Phi) is 8.73.